The zero-order chi connectivity index (χ0) is 14.2. The van der Waals surface area contributed by atoms with Crippen LogP contribution in [0.3, 0.4) is 0 Å². The molecule has 2 amide bonds. The lowest BCUT2D eigenvalue weighted by atomic mass is 10.1. The van der Waals surface area contributed by atoms with Gasteiger partial charge in [0.05, 0.1) is 10.6 Å². The van der Waals surface area contributed by atoms with Crippen molar-refractivity contribution < 1.29 is 9.59 Å². The zero-order valence-corrected chi connectivity index (χ0v) is 12.4. The number of carbonyl (C=O) groups excluding carboxylic acids is 2. The van der Waals surface area contributed by atoms with Gasteiger partial charge in [-0.3, -0.25) is 9.59 Å². The van der Waals surface area contributed by atoms with Crippen molar-refractivity contribution in [2.75, 3.05) is 25.5 Å². The Morgan fingerprint density at radius 3 is 2.63 bits per heavy atom. The van der Waals surface area contributed by atoms with Gasteiger partial charge >= 0.3 is 0 Å². The molecule has 0 spiro atoms. The molecule has 1 heterocycles. The van der Waals surface area contributed by atoms with Crippen LogP contribution in [0.25, 0.3) is 0 Å². The van der Waals surface area contributed by atoms with E-state index in [0.29, 0.717) is 29.2 Å². The fraction of sp³-hybridized carbons (Fsp3) is 0.385. The molecule has 19 heavy (non-hydrogen) atoms. The zero-order valence-electron chi connectivity index (χ0n) is 10.8. The van der Waals surface area contributed by atoms with Crippen LogP contribution in [0.4, 0.5) is 5.69 Å². The lowest BCUT2D eigenvalue weighted by molar-refractivity contribution is -0.117. The van der Waals surface area contributed by atoms with Crippen molar-refractivity contribution in [3.63, 3.8) is 0 Å². The predicted octanol–water partition coefficient (Wildman–Crippen LogP) is 2.08. The van der Waals surface area contributed by atoms with Crippen LogP contribution < -0.4 is 4.90 Å². The molecule has 0 bridgehead atoms. The minimum atomic E-state index is -0.156. The highest BCUT2D eigenvalue weighted by Gasteiger charge is 2.28. The molecule has 1 atom stereocenters. The molecule has 1 aromatic rings. The molecule has 2 rings (SSSR count). The average Bonchev–Trinajstić information content (AvgIpc) is 2.67. The van der Waals surface area contributed by atoms with E-state index >= 15 is 0 Å². The summed E-state index contributed by atoms with van der Waals surface area (Å²) in [6.45, 7) is 0.569. The summed E-state index contributed by atoms with van der Waals surface area (Å²) in [7, 11) is 3.34. The van der Waals surface area contributed by atoms with Crippen LogP contribution in [0, 0.1) is 0 Å². The molecule has 1 saturated heterocycles. The number of anilines is 1. The number of benzene rings is 1. The van der Waals surface area contributed by atoms with E-state index in [1.165, 1.54) is 4.90 Å². The van der Waals surface area contributed by atoms with E-state index in [1.807, 2.05) is 0 Å². The van der Waals surface area contributed by atoms with Gasteiger partial charge in [0.1, 0.15) is 0 Å². The molecule has 0 N–H and O–H groups in total. The Hall–Kier alpha value is -1.20. The fourth-order valence-corrected chi connectivity index (χ4v) is 2.60. The molecule has 6 heteroatoms. The van der Waals surface area contributed by atoms with Gasteiger partial charge in [-0.05, 0) is 18.2 Å². The van der Waals surface area contributed by atoms with Gasteiger partial charge in [-0.1, -0.05) is 11.6 Å². The third-order valence-corrected chi connectivity index (χ3v) is 3.66. The quantitative estimate of drug-likeness (QED) is 0.849. The lowest BCUT2D eigenvalue weighted by Gasteiger charge is -2.18. The van der Waals surface area contributed by atoms with Crippen LogP contribution >= 0.6 is 24.2 Å². The SMILES string of the molecule is CN(C)C(=O)c1ccc(N2CC(S)CC2=O)cc1Cl. The van der Waals surface area contributed by atoms with Gasteiger partial charge in [-0.15, -0.1) is 0 Å². The Bertz CT molecular complexity index is 533. The molecule has 102 valence electrons. The first-order valence-corrected chi connectivity index (χ1v) is 6.79. The monoisotopic (exact) mass is 298 g/mol. The molecular formula is C13H15ClN2O2S. The first kappa shape index (κ1) is 14.2. The predicted molar refractivity (Wildman–Crippen MR) is 79.2 cm³/mol. The van der Waals surface area contributed by atoms with E-state index < -0.39 is 0 Å². The Morgan fingerprint density at radius 1 is 1.47 bits per heavy atom. The maximum Gasteiger partial charge on any atom is 0.254 e. The number of halogens is 1. The average molecular weight is 299 g/mol. The fourth-order valence-electron chi connectivity index (χ4n) is 2.02. The highest BCUT2D eigenvalue weighted by atomic mass is 35.5. The molecule has 0 radical (unpaired) electrons. The van der Waals surface area contributed by atoms with Crippen LogP contribution in [0.5, 0.6) is 0 Å². The molecule has 1 aliphatic heterocycles. The van der Waals surface area contributed by atoms with Crippen molar-refractivity contribution in [1.29, 1.82) is 0 Å². The summed E-state index contributed by atoms with van der Waals surface area (Å²) in [5.41, 5.74) is 1.14. The Balaban J connectivity index is 2.29. The number of carbonyl (C=O) groups is 2. The Kier molecular flexibility index (Phi) is 4.06. The van der Waals surface area contributed by atoms with E-state index in [-0.39, 0.29) is 17.1 Å². The number of rotatable bonds is 2. The van der Waals surface area contributed by atoms with Crippen molar-refractivity contribution in [3.8, 4) is 0 Å². The van der Waals surface area contributed by atoms with Crippen molar-refractivity contribution in [2.24, 2.45) is 0 Å². The summed E-state index contributed by atoms with van der Waals surface area (Å²) < 4.78 is 0. The molecular weight excluding hydrogens is 284 g/mol. The normalized spacial score (nSPS) is 18.8. The van der Waals surface area contributed by atoms with Crippen LogP contribution in [0.15, 0.2) is 18.2 Å². The van der Waals surface area contributed by atoms with Crippen LogP contribution in [-0.4, -0.2) is 42.6 Å². The summed E-state index contributed by atoms with van der Waals surface area (Å²) in [6, 6.07) is 5.05. The molecule has 1 fully saturated rings. The summed E-state index contributed by atoms with van der Waals surface area (Å²) in [5.74, 6) is -0.126. The number of hydrogen-bond acceptors (Lipinski definition) is 3. The van der Waals surface area contributed by atoms with E-state index in [0.717, 1.165) is 0 Å². The Labute approximate surface area is 122 Å². The molecule has 0 aliphatic carbocycles. The molecule has 1 unspecified atom stereocenters. The van der Waals surface area contributed by atoms with E-state index in [9.17, 15) is 9.59 Å². The maximum atomic E-state index is 11.9. The minimum absolute atomic E-state index is 0.0303. The first-order chi connectivity index (χ1) is 8.90. The van der Waals surface area contributed by atoms with Gasteiger partial charge in [0, 0.05) is 38.0 Å². The van der Waals surface area contributed by atoms with Gasteiger partial charge in [0.2, 0.25) is 5.91 Å². The molecule has 1 aliphatic rings. The molecule has 0 aromatic heterocycles. The van der Waals surface area contributed by atoms with Gasteiger partial charge in [-0.25, -0.2) is 0 Å². The van der Waals surface area contributed by atoms with Crippen molar-refractivity contribution in [1.82, 2.24) is 4.90 Å². The number of amides is 2. The van der Waals surface area contributed by atoms with Crippen LogP contribution in [0.2, 0.25) is 5.02 Å². The highest BCUT2D eigenvalue weighted by Crippen LogP contribution is 2.28. The maximum absolute atomic E-state index is 11.9. The Morgan fingerprint density at radius 2 is 2.16 bits per heavy atom. The van der Waals surface area contributed by atoms with Gasteiger partial charge in [0.25, 0.3) is 5.91 Å². The van der Waals surface area contributed by atoms with Crippen molar-refractivity contribution >= 4 is 41.7 Å². The second-order valence-electron chi connectivity index (χ2n) is 4.73. The first-order valence-electron chi connectivity index (χ1n) is 5.89. The second kappa shape index (κ2) is 5.43. The van der Waals surface area contributed by atoms with E-state index in [4.69, 9.17) is 11.6 Å². The second-order valence-corrected chi connectivity index (χ2v) is 5.86. The number of thiol groups is 1. The van der Waals surface area contributed by atoms with Crippen molar-refractivity contribution in [2.45, 2.75) is 11.7 Å². The minimum Gasteiger partial charge on any atom is -0.345 e. The van der Waals surface area contributed by atoms with Gasteiger partial charge in [-0.2, -0.15) is 12.6 Å². The topological polar surface area (TPSA) is 40.6 Å². The number of nitrogens with zero attached hydrogens (tertiary/aromatic N) is 2. The standard InChI is InChI=1S/C13H15ClN2O2S/c1-15(2)13(18)10-4-3-8(5-11(10)14)16-7-9(19)6-12(16)17/h3-5,9,19H,6-7H2,1-2H3. The summed E-state index contributed by atoms with van der Waals surface area (Å²) in [4.78, 5) is 26.8. The van der Waals surface area contributed by atoms with E-state index in [2.05, 4.69) is 12.6 Å². The smallest absolute Gasteiger partial charge is 0.254 e. The summed E-state index contributed by atoms with van der Waals surface area (Å²) in [6.07, 6.45) is 0.430. The molecule has 0 saturated carbocycles. The summed E-state index contributed by atoms with van der Waals surface area (Å²) >= 11 is 10.4. The number of hydrogen-bond donors (Lipinski definition) is 1. The third-order valence-electron chi connectivity index (χ3n) is 3.01. The molecule has 1 aromatic carbocycles. The van der Waals surface area contributed by atoms with Crippen LogP contribution in [-0.2, 0) is 4.79 Å². The van der Waals surface area contributed by atoms with Gasteiger partial charge in [0.15, 0.2) is 0 Å². The third kappa shape index (κ3) is 2.87. The van der Waals surface area contributed by atoms with E-state index in [1.54, 1.807) is 37.2 Å². The molecule has 4 nitrogen and oxygen atoms in total. The van der Waals surface area contributed by atoms with Gasteiger partial charge < -0.3 is 9.80 Å². The summed E-state index contributed by atoms with van der Waals surface area (Å²) in [5, 5.41) is 0.404. The highest BCUT2D eigenvalue weighted by molar-refractivity contribution is 7.81. The van der Waals surface area contributed by atoms with Crippen LogP contribution in [0.1, 0.15) is 16.8 Å². The van der Waals surface area contributed by atoms with Crippen molar-refractivity contribution in [3.05, 3.63) is 28.8 Å². The lowest BCUT2D eigenvalue weighted by Crippen LogP contribution is -2.25. The largest absolute Gasteiger partial charge is 0.345 e.